The second-order valence-electron chi connectivity index (χ2n) is 18.0. The molecule has 2 aromatic carbocycles. The molecule has 1 unspecified atom stereocenters. The van der Waals surface area contributed by atoms with Crippen molar-refractivity contribution < 1.29 is 64.1 Å². The summed E-state index contributed by atoms with van der Waals surface area (Å²) in [5, 5.41) is 0. The van der Waals surface area contributed by atoms with Gasteiger partial charge in [0.2, 0.25) is 0 Å². The molecule has 0 radical (unpaired) electrons. The zero-order valence-electron chi connectivity index (χ0n) is 41.0. The van der Waals surface area contributed by atoms with Crippen LogP contribution in [0.15, 0.2) is 82.5 Å². The number of carbonyl (C=O) groups is 2. The number of aromatic amines is 1. The zero-order chi connectivity index (χ0) is 49.5. The normalized spacial score (nSPS) is 18.7. The molecule has 374 valence electrons. The zero-order valence-corrected chi connectivity index (χ0v) is 44.9. The van der Waals surface area contributed by atoms with Crippen molar-refractivity contribution in [2.24, 2.45) is 0 Å². The van der Waals surface area contributed by atoms with Crippen LogP contribution in [0.4, 0.5) is 0 Å². The lowest BCUT2D eigenvalue weighted by molar-refractivity contribution is -0.320. The van der Waals surface area contributed by atoms with E-state index in [0.29, 0.717) is 0 Å². The molecular weight excluding hydrogens is 942 g/mol. The van der Waals surface area contributed by atoms with Crippen LogP contribution in [0, 0.1) is 0 Å². The first-order valence-electron chi connectivity index (χ1n) is 22.2. The second-order valence-corrected chi connectivity index (χ2v) is 31.1. The molecule has 0 spiro atoms. The Balaban J connectivity index is 1.91. The van der Waals surface area contributed by atoms with Gasteiger partial charge in [-0.05, 0) is 78.1 Å². The van der Waals surface area contributed by atoms with Gasteiger partial charge in [0, 0.05) is 45.3 Å². The highest BCUT2D eigenvalue weighted by atomic mass is 31.2. The molecule has 0 saturated carbocycles. The molecular formula is C44H70N3O16PSi3. The van der Waals surface area contributed by atoms with E-state index in [2.05, 4.69) is 9.65 Å². The fourth-order valence-electron chi connectivity index (χ4n) is 6.97. The number of nitrogens with one attached hydrogen (secondary N) is 1. The summed E-state index contributed by atoms with van der Waals surface area (Å²) in [7, 11) is -9.77. The summed E-state index contributed by atoms with van der Waals surface area (Å²) in [4.78, 5) is 51.6. The van der Waals surface area contributed by atoms with Crippen molar-refractivity contribution >= 4 is 46.1 Å². The third-order valence-corrected chi connectivity index (χ3v) is 19.3. The second kappa shape index (κ2) is 26.1. The standard InChI is InChI=1S/C44H70N3O16PSi3/c1-31(2)47(32(3)4)64(52-7)60-40-37(30-57-67(62-65(8,9)10,63-66(11,12)13)61-39(35-20-16-14-17-21-35)36-22-18-15-19-23-36)58-42(46-25-24-38(50)45-43(46)51)41(40)59-44(55-28-26-53-33(5)48)56-29-27-54-34(6)49/h14-25,31-32,37,39-42,44H,26-30H2,1-13H3,(H,45,50,51)/t37-,40-,41-,42-,64?/m1/s1. The van der Waals surface area contributed by atoms with Crippen LogP contribution in [-0.4, -0.2) is 129 Å². The Morgan fingerprint density at radius 1 is 0.761 bits per heavy atom. The molecule has 3 aromatic rings. The highest BCUT2D eigenvalue weighted by Crippen LogP contribution is 2.50. The SMILES string of the molecule is COP(O[C@H]1[C@@H](OC(OCCOC(C)=O)OCCOC(C)=O)[C@H](n2ccc(=O)[nH]c2=O)O[C@@H]1CO[Si](OC(c1ccccc1)c1ccccc1)(O[Si](C)(C)C)O[Si](C)(C)C)N(C(C)C)C(C)C. The molecule has 1 saturated heterocycles. The number of benzene rings is 2. The van der Waals surface area contributed by atoms with E-state index in [9.17, 15) is 19.2 Å². The number of nitrogens with zero attached hydrogens (tertiary/aromatic N) is 2. The van der Waals surface area contributed by atoms with E-state index in [-0.39, 0.29) is 45.1 Å². The summed E-state index contributed by atoms with van der Waals surface area (Å²) in [5.41, 5.74) is 0.250. The molecule has 19 nitrogen and oxygen atoms in total. The van der Waals surface area contributed by atoms with Gasteiger partial charge in [-0.2, -0.15) is 0 Å². The third-order valence-electron chi connectivity index (χ3n) is 9.33. The van der Waals surface area contributed by atoms with Crippen molar-refractivity contribution in [3.63, 3.8) is 0 Å². The molecule has 0 bridgehead atoms. The lowest BCUT2D eigenvalue weighted by Gasteiger charge is -2.41. The first kappa shape index (κ1) is 56.3. The molecule has 2 heterocycles. The van der Waals surface area contributed by atoms with E-state index in [1.165, 1.54) is 33.2 Å². The maximum absolute atomic E-state index is 13.7. The third kappa shape index (κ3) is 18.2. The number of hydrogen-bond donors (Lipinski definition) is 1. The average Bonchev–Trinajstić information content (AvgIpc) is 3.56. The fraction of sp³-hybridized carbons (Fsp3) is 0.591. The average molecular weight is 1010 g/mol. The van der Waals surface area contributed by atoms with Crippen molar-refractivity contribution in [2.75, 3.05) is 40.1 Å². The summed E-state index contributed by atoms with van der Waals surface area (Å²) >= 11 is 0. The van der Waals surface area contributed by atoms with Crippen LogP contribution in [0.25, 0.3) is 0 Å². The van der Waals surface area contributed by atoms with Crippen molar-refractivity contribution in [2.45, 2.75) is 130 Å². The van der Waals surface area contributed by atoms with Gasteiger partial charge in [-0.15, -0.1) is 0 Å². The predicted octanol–water partition coefficient (Wildman–Crippen LogP) is 6.60. The van der Waals surface area contributed by atoms with Crippen molar-refractivity contribution in [3.05, 3.63) is 105 Å². The monoisotopic (exact) mass is 1010 g/mol. The van der Waals surface area contributed by atoms with Crippen LogP contribution in [-0.2, 0) is 64.1 Å². The summed E-state index contributed by atoms with van der Waals surface area (Å²) < 4.78 is 80.2. The number of aromatic nitrogens is 2. The van der Waals surface area contributed by atoms with Crippen LogP contribution < -0.4 is 11.2 Å². The van der Waals surface area contributed by atoms with Crippen molar-refractivity contribution in [3.8, 4) is 0 Å². The number of esters is 2. The first-order valence-corrected chi connectivity index (χ1v) is 31.8. The van der Waals surface area contributed by atoms with Gasteiger partial charge in [-0.3, -0.25) is 23.9 Å². The number of ether oxygens (including phenoxy) is 6. The number of hydrogen-bond acceptors (Lipinski definition) is 17. The molecule has 1 fully saturated rings. The van der Waals surface area contributed by atoms with Gasteiger partial charge in [-0.1, -0.05) is 60.7 Å². The lowest BCUT2D eigenvalue weighted by atomic mass is 10.0. The molecule has 67 heavy (non-hydrogen) atoms. The Labute approximate surface area is 398 Å². The van der Waals surface area contributed by atoms with E-state index in [0.717, 1.165) is 15.7 Å². The Hall–Kier alpha value is -3.30. The van der Waals surface area contributed by atoms with Gasteiger partial charge in [0.1, 0.15) is 37.6 Å². The number of carbonyl (C=O) groups excluding carboxylic acids is 2. The highest BCUT2D eigenvalue weighted by Gasteiger charge is 2.57. The predicted molar refractivity (Wildman–Crippen MR) is 256 cm³/mol. The molecule has 0 aliphatic carbocycles. The summed E-state index contributed by atoms with van der Waals surface area (Å²) in [5.74, 6) is -1.05. The van der Waals surface area contributed by atoms with Crippen LogP contribution >= 0.6 is 8.53 Å². The van der Waals surface area contributed by atoms with Crippen LogP contribution in [0.5, 0.6) is 0 Å². The summed E-state index contributed by atoms with van der Waals surface area (Å²) in [6, 6.07) is 20.5. The molecule has 1 aromatic heterocycles. The van der Waals surface area contributed by atoms with Gasteiger partial charge in [0.05, 0.1) is 19.8 Å². The van der Waals surface area contributed by atoms with E-state index < -0.39 is 94.5 Å². The number of rotatable bonds is 28. The van der Waals surface area contributed by atoms with Crippen molar-refractivity contribution in [1.29, 1.82) is 0 Å². The molecule has 1 N–H and O–H groups in total. The van der Waals surface area contributed by atoms with Gasteiger partial charge in [0.25, 0.3) is 20.6 Å². The summed E-state index contributed by atoms with van der Waals surface area (Å²) in [6.45, 7) is 20.3. The lowest BCUT2D eigenvalue weighted by Crippen LogP contribution is -2.60. The molecule has 1 aliphatic heterocycles. The van der Waals surface area contributed by atoms with E-state index in [1.54, 1.807) is 0 Å². The minimum atomic E-state index is -4.27. The van der Waals surface area contributed by atoms with Gasteiger partial charge in [-0.25, -0.2) is 9.46 Å². The largest absolute Gasteiger partial charge is 0.659 e. The van der Waals surface area contributed by atoms with E-state index >= 15 is 0 Å². The fourth-order valence-corrected chi connectivity index (χ4v) is 17.0. The minimum absolute atomic E-state index is 0.0568. The maximum atomic E-state index is 13.7. The van der Waals surface area contributed by atoms with Crippen LogP contribution in [0.1, 0.15) is 65.0 Å². The maximum Gasteiger partial charge on any atom is 0.659 e. The molecule has 1 aliphatic rings. The van der Waals surface area contributed by atoms with Gasteiger partial charge >= 0.3 is 26.7 Å². The van der Waals surface area contributed by atoms with Crippen LogP contribution in [0.3, 0.4) is 0 Å². The Morgan fingerprint density at radius 3 is 1.70 bits per heavy atom. The molecule has 23 heteroatoms. The first-order chi connectivity index (χ1) is 31.5. The van der Waals surface area contributed by atoms with E-state index in [4.69, 9.17) is 54.6 Å². The Kier molecular flexibility index (Phi) is 21.9. The topological polar surface area (TPSA) is 203 Å². The Bertz CT molecular complexity index is 2000. The van der Waals surface area contributed by atoms with E-state index in [1.807, 2.05) is 128 Å². The number of H-pyrrole nitrogens is 1. The summed E-state index contributed by atoms with van der Waals surface area (Å²) in [6.07, 6.45) is -4.23. The molecule has 5 atom stereocenters. The van der Waals surface area contributed by atoms with Crippen LogP contribution in [0.2, 0.25) is 39.3 Å². The van der Waals surface area contributed by atoms with Gasteiger partial charge in [0.15, 0.2) is 22.9 Å². The molecule has 4 rings (SSSR count). The van der Waals surface area contributed by atoms with Crippen molar-refractivity contribution in [1.82, 2.24) is 14.2 Å². The quantitative estimate of drug-likeness (QED) is 0.0268. The van der Waals surface area contributed by atoms with Gasteiger partial charge < -0.3 is 54.6 Å². The molecule has 0 amide bonds. The Morgan fingerprint density at radius 2 is 1.27 bits per heavy atom. The minimum Gasteiger partial charge on any atom is -0.463 e. The highest BCUT2D eigenvalue weighted by molar-refractivity contribution is 7.44. The smallest absolute Gasteiger partial charge is 0.463 e.